The van der Waals surface area contributed by atoms with Crippen LogP contribution in [0.1, 0.15) is 151 Å². The minimum Gasteiger partial charge on any atom is -0.481 e. The number of esters is 3. The van der Waals surface area contributed by atoms with E-state index in [1.165, 1.54) is 11.8 Å². The maximum absolute atomic E-state index is 13.6. The molecule has 310 valence electrons. The molecule has 0 spiro atoms. The van der Waals surface area contributed by atoms with Crippen LogP contribution in [0.3, 0.4) is 0 Å². The second-order valence-corrected chi connectivity index (χ2v) is 15.5. The summed E-state index contributed by atoms with van der Waals surface area (Å²) in [6, 6.07) is -0.938. The molecule has 6 atom stereocenters. The number of carbonyl (C=O) groups is 7. The standard InChI is InChI=1S/C41H69NO12/c1-7-9-10-11-12-15-23-52-40(50)29(5)25-31(41(51)53-24-16-13-14-18-28(3)4)20-21-32(27-54-35(45)26-30(6)43)36(38(46)47)37(39(48)49)33(8-2)42-22-17-19-34(42)44/h28-29,31-33,36-37H,7-27H2,1-6H3,(H,46,47)(H,48,49). The molecule has 0 aromatic carbocycles. The lowest BCUT2D eigenvalue weighted by Gasteiger charge is -2.37. The Labute approximate surface area is 322 Å². The van der Waals surface area contributed by atoms with Gasteiger partial charge in [0, 0.05) is 24.9 Å². The van der Waals surface area contributed by atoms with Gasteiger partial charge in [0.25, 0.3) is 0 Å². The van der Waals surface area contributed by atoms with Crippen LogP contribution in [0.2, 0.25) is 0 Å². The quantitative estimate of drug-likeness (QED) is 0.0318. The van der Waals surface area contributed by atoms with E-state index in [4.69, 9.17) is 14.2 Å². The number of carboxylic acid groups (broad SMARTS) is 2. The number of ether oxygens (including phenoxy) is 3. The number of ketones is 1. The molecule has 54 heavy (non-hydrogen) atoms. The number of amides is 1. The third-order valence-corrected chi connectivity index (χ3v) is 10.3. The minimum absolute atomic E-state index is 0.00567. The van der Waals surface area contributed by atoms with Gasteiger partial charge in [-0.2, -0.15) is 0 Å². The fourth-order valence-corrected chi connectivity index (χ4v) is 7.30. The number of hydrogen-bond donors (Lipinski definition) is 2. The number of carboxylic acids is 2. The van der Waals surface area contributed by atoms with E-state index in [0.29, 0.717) is 25.3 Å². The van der Waals surface area contributed by atoms with Crippen molar-refractivity contribution >= 4 is 41.5 Å². The summed E-state index contributed by atoms with van der Waals surface area (Å²) in [5.74, 6) is -10.8. The first-order chi connectivity index (χ1) is 25.6. The van der Waals surface area contributed by atoms with Crippen molar-refractivity contribution < 1.29 is 58.0 Å². The summed E-state index contributed by atoms with van der Waals surface area (Å²) in [4.78, 5) is 90.8. The van der Waals surface area contributed by atoms with E-state index in [1.54, 1.807) is 13.8 Å². The van der Waals surface area contributed by atoms with Gasteiger partial charge in [-0.3, -0.25) is 33.6 Å². The summed E-state index contributed by atoms with van der Waals surface area (Å²) < 4.78 is 16.6. The average molecular weight is 768 g/mol. The molecule has 6 unspecified atom stereocenters. The molecule has 1 saturated heterocycles. The van der Waals surface area contributed by atoms with Crippen LogP contribution in [0, 0.1) is 35.5 Å². The van der Waals surface area contributed by atoms with Crippen LogP contribution in [0.15, 0.2) is 0 Å². The SMILES string of the molecule is CCCCCCCCOC(=O)C(C)CC(CCC(COC(=O)CC(C)=O)C(C(=O)O)C(C(=O)O)C(CC)N1CCCC1=O)C(=O)OCCCCCC(C)C. The fraction of sp³-hybridized carbons (Fsp3) is 0.829. The van der Waals surface area contributed by atoms with Gasteiger partial charge in [0.2, 0.25) is 5.91 Å². The number of carbonyl (C=O) groups excluding carboxylic acids is 5. The topological polar surface area (TPSA) is 191 Å². The largest absolute Gasteiger partial charge is 0.481 e. The van der Waals surface area contributed by atoms with Crippen LogP contribution in [-0.4, -0.2) is 89.1 Å². The fourth-order valence-electron chi connectivity index (χ4n) is 7.30. The summed E-state index contributed by atoms with van der Waals surface area (Å²) in [7, 11) is 0. The Morgan fingerprint density at radius 3 is 1.87 bits per heavy atom. The van der Waals surface area contributed by atoms with Gasteiger partial charge in [0.05, 0.1) is 43.5 Å². The van der Waals surface area contributed by atoms with Crippen molar-refractivity contribution in [3.05, 3.63) is 0 Å². The van der Waals surface area contributed by atoms with Crippen LogP contribution in [0.25, 0.3) is 0 Å². The monoisotopic (exact) mass is 767 g/mol. The van der Waals surface area contributed by atoms with Crippen molar-refractivity contribution in [3.8, 4) is 0 Å². The summed E-state index contributed by atoms with van der Waals surface area (Å²) in [6.07, 6.45) is 10.1. The minimum atomic E-state index is -1.62. The van der Waals surface area contributed by atoms with E-state index in [0.717, 1.165) is 57.8 Å². The first kappa shape index (κ1) is 48.5. The van der Waals surface area contributed by atoms with Gasteiger partial charge in [-0.25, -0.2) is 0 Å². The van der Waals surface area contributed by atoms with Gasteiger partial charge in [-0.1, -0.05) is 86.0 Å². The van der Waals surface area contributed by atoms with Crippen LogP contribution in [0.5, 0.6) is 0 Å². The van der Waals surface area contributed by atoms with Gasteiger partial charge in [0.1, 0.15) is 12.2 Å². The first-order valence-electron chi connectivity index (χ1n) is 20.4. The molecule has 0 bridgehead atoms. The van der Waals surface area contributed by atoms with E-state index in [9.17, 15) is 43.8 Å². The number of hydrogen-bond acceptors (Lipinski definition) is 10. The zero-order valence-corrected chi connectivity index (χ0v) is 33.8. The molecule has 0 aliphatic carbocycles. The van der Waals surface area contributed by atoms with Crippen LogP contribution in [-0.2, 0) is 47.8 Å². The Hall–Kier alpha value is -3.51. The Kier molecular flexibility index (Phi) is 24.4. The van der Waals surface area contributed by atoms with Crippen LogP contribution >= 0.6 is 0 Å². The lowest BCUT2D eigenvalue weighted by molar-refractivity contribution is -0.164. The van der Waals surface area contributed by atoms with Gasteiger partial charge in [-0.15, -0.1) is 0 Å². The van der Waals surface area contributed by atoms with E-state index in [1.807, 2.05) is 0 Å². The molecule has 0 aromatic rings. The molecular weight excluding hydrogens is 698 g/mol. The van der Waals surface area contributed by atoms with Gasteiger partial charge in [-0.05, 0) is 57.8 Å². The van der Waals surface area contributed by atoms with Crippen molar-refractivity contribution in [1.29, 1.82) is 0 Å². The molecule has 1 amide bonds. The highest BCUT2D eigenvalue weighted by Gasteiger charge is 2.47. The predicted molar refractivity (Wildman–Crippen MR) is 202 cm³/mol. The van der Waals surface area contributed by atoms with Gasteiger partial charge in [0.15, 0.2) is 0 Å². The van der Waals surface area contributed by atoms with Gasteiger partial charge < -0.3 is 29.3 Å². The third kappa shape index (κ3) is 18.7. The van der Waals surface area contributed by atoms with E-state index >= 15 is 0 Å². The molecule has 13 nitrogen and oxygen atoms in total. The third-order valence-electron chi connectivity index (χ3n) is 10.3. The maximum atomic E-state index is 13.6. The molecule has 2 N–H and O–H groups in total. The van der Waals surface area contributed by atoms with E-state index in [2.05, 4.69) is 20.8 Å². The molecule has 0 aromatic heterocycles. The van der Waals surface area contributed by atoms with Crippen molar-refractivity contribution in [2.75, 3.05) is 26.4 Å². The molecule has 1 aliphatic rings. The summed E-state index contributed by atoms with van der Waals surface area (Å²) in [6.45, 7) is 11.2. The molecule has 0 saturated carbocycles. The number of Topliss-reactive ketones (excluding diaryl/α,β-unsaturated/α-hetero) is 1. The number of nitrogens with zero attached hydrogens (tertiary/aromatic N) is 1. The molecule has 13 heteroatoms. The molecule has 1 aliphatic heterocycles. The first-order valence-corrected chi connectivity index (χ1v) is 20.4. The van der Waals surface area contributed by atoms with Crippen molar-refractivity contribution in [1.82, 2.24) is 4.90 Å². The van der Waals surface area contributed by atoms with Crippen LogP contribution < -0.4 is 0 Å². The van der Waals surface area contributed by atoms with Gasteiger partial charge >= 0.3 is 29.8 Å². The Morgan fingerprint density at radius 1 is 0.741 bits per heavy atom. The van der Waals surface area contributed by atoms with Crippen molar-refractivity contribution in [2.24, 2.45) is 35.5 Å². The predicted octanol–water partition coefficient (Wildman–Crippen LogP) is 7.01. The highest BCUT2D eigenvalue weighted by atomic mass is 16.5. The second-order valence-electron chi connectivity index (χ2n) is 15.5. The van der Waals surface area contributed by atoms with E-state index < -0.39 is 84.3 Å². The highest BCUT2D eigenvalue weighted by molar-refractivity contribution is 5.94. The summed E-state index contributed by atoms with van der Waals surface area (Å²) in [5, 5.41) is 21.1. The highest BCUT2D eigenvalue weighted by Crippen LogP contribution is 2.36. The van der Waals surface area contributed by atoms with Crippen molar-refractivity contribution in [3.63, 3.8) is 0 Å². The van der Waals surface area contributed by atoms with Crippen LogP contribution in [0.4, 0.5) is 0 Å². The Balaban J connectivity index is 3.33. The number of aliphatic carboxylic acids is 2. The molecular formula is C41H69NO12. The molecule has 0 radical (unpaired) electrons. The molecule has 1 rings (SSSR count). The summed E-state index contributed by atoms with van der Waals surface area (Å²) >= 11 is 0. The van der Waals surface area contributed by atoms with E-state index in [-0.39, 0.29) is 51.2 Å². The molecule has 1 fully saturated rings. The lowest BCUT2D eigenvalue weighted by Crippen LogP contribution is -2.51. The Bertz CT molecular complexity index is 1190. The Morgan fingerprint density at radius 2 is 1.33 bits per heavy atom. The average Bonchev–Trinajstić information content (AvgIpc) is 3.53. The zero-order chi connectivity index (χ0) is 40.6. The number of rotatable bonds is 31. The summed E-state index contributed by atoms with van der Waals surface area (Å²) in [5.41, 5.74) is 0. The van der Waals surface area contributed by atoms with Crippen molar-refractivity contribution in [2.45, 2.75) is 157 Å². The normalized spacial score (nSPS) is 16.3. The second kappa shape index (κ2) is 27.1. The zero-order valence-electron chi connectivity index (χ0n) is 33.8. The smallest absolute Gasteiger partial charge is 0.313 e. The lowest BCUT2D eigenvalue weighted by atomic mass is 9.74. The number of likely N-dealkylation sites (tertiary alicyclic amines) is 1. The maximum Gasteiger partial charge on any atom is 0.313 e. The number of unbranched alkanes of at least 4 members (excludes halogenated alkanes) is 7. The molecule has 1 heterocycles.